The van der Waals surface area contributed by atoms with E-state index in [0.29, 0.717) is 24.2 Å². The number of likely N-dealkylation sites (tertiary alicyclic amines) is 1. The number of nitrogens with zero attached hydrogens (tertiary/aromatic N) is 1. The highest BCUT2D eigenvalue weighted by Gasteiger charge is 2.34. The number of rotatable bonds is 3. The Kier molecular flexibility index (Phi) is 4.43. The molecule has 1 aromatic rings. The van der Waals surface area contributed by atoms with Gasteiger partial charge in [0, 0.05) is 25.3 Å². The van der Waals surface area contributed by atoms with Gasteiger partial charge in [-0.15, -0.1) is 0 Å². The summed E-state index contributed by atoms with van der Waals surface area (Å²) in [6.45, 7) is 5.18. The van der Waals surface area contributed by atoms with Crippen molar-refractivity contribution in [1.29, 1.82) is 0 Å². The molecule has 1 heterocycles. The van der Waals surface area contributed by atoms with E-state index in [-0.39, 0.29) is 23.7 Å². The van der Waals surface area contributed by atoms with Crippen LogP contribution in [0.1, 0.15) is 42.1 Å². The normalized spacial score (nSPS) is 18.1. The van der Waals surface area contributed by atoms with Gasteiger partial charge in [-0.1, -0.05) is 13.0 Å². The van der Waals surface area contributed by atoms with E-state index in [0.717, 1.165) is 19.3 Å². The Balaban J connectivity index is 2.06. The molecule has 1 aromatic carbocycles. The third-order valence-corrected chi connectivity index (χ3v) is 4.62. The highest BCUT2D eigenvalue weighted by molar-refractivity contribution is 5.94. The van der Waals surface area contributed by atoms with Crippen molar-refractivity contribution in [2.75, 3.05) is 19.7 Å². The van der Waals surface area contributed by atoms with Crippen molar-refractivity contribution < 1.29 is 14.3 Å². The van der Waals surface area contributed by atoms with Crippen LogP contribution in [0.2, 0.25) is 0 Å². The van der Waals surface area contributed by atoms with Gasteiger partial charge in [-0.3, -0.25) is 4.79 Å². The number of aryl methyl sites for hydroxylation is 1. The standard InChI is InChI=1S/C16H22FNO2/c1-3-16(11-19)6-8-18(9-7-16)15(20)13-5-4-12(2)14(17)10-13/h4-5,10,19H,3,6-9,11H2,1-2H3. The lowest BCUT2D eigenvalue weighted by molar-refractivity contribution is 0.0338. The first-order chi connectivity index (χ1) is 9.51. The number of carbonyl (C=O) groups excluding carboxylic acids is 1. The zero-order valence-corrected chi connectivity index (χ0v) is 12.2. The summed E-state index contributed by atoms with van der Waals surface area (Å²) in [6.07, 6.45) is 2.53. The van der Waals surface area contributed by atoms with Crippen LogP contribution >= 0.6 is 0 Å². The fraction of sp³-hybridized carbons (Fsp3) is 0.562. The molecule has 0 atom stereocenters. The fourth-order valence-corrected chi connectivity index (χ4v) is 2.72. The van der Waals surface area contributed by atoms with Gasteiger partial charge >= 0.3 is 0 Å². The van der Waals surface area contributed by atoms with Crippen LogP contribution < -0.4 is 0 Å². The van der Waals surface area contributed by atoms with Crippen LogP contribution in [-0.2, 0) is 0 Å². The summed E-state index contributed by atoms with van der Waals surface area (Å²) in [5.74, 6) is -0.460. The topological polar surface area (TPSA) is 40.5 Å². The molecule has 1 N–H and O–H groups in total. The number of piperidine rings is 1. The molecule has 1 fully saturated rings. The maximum absolute atomic E-state index is 13.5. The van der Waals surface area contributed by atoms with Crippen LogP contribution in [0.4, 0.5) is 4.39 Å². The van der Waals surface area contributed by atoms with E-state index in [1.165, 1.54) is 6.07 Å². The molecule has 0 radical (unpaired) electrons. The van der Waals surface area contributed by atoms with Crippen LogP contribution in [0.15, 0.2) is 18.2 Å². The van der Waals surface area contributed by atoms with Gasteiger partial charge in [-0.25, -0.2) is 4.39 Å². The van der Waals surface area contributed by atoms with Crippen molar-refractivity contribution in [3.05, 3.63) is 35.1 Å². The molecule has 0 saturated carbocycles. The largest absolute Gasteiger partial charge is 0.396 e. The van der Waals surface area contributed by atoms with Gasteiger partial charge in [-0.2, -0.15) is 0 Å². The van der Waals surface area contributed by atoms with Gasteiger partial charge in [-0.05, 0) is 49.3 Å². The molecular formula is C16H22FNO2. The summed E-state index contributed by atoms with van der Waals surface area (Å²) >= 11 is 0. The number of aliphatic hydroxyl groups is 1. The van der Waals surface area contributed by atoms with Crippen molar-refractivity contribution in [1.82, 2.24) is 4.90 Å². The number of aliphatic hydroxyl groups excluding tert-OH is 1. The third kappa shape index (κ3) is 2.85. The quantitative estimate of drug-likeness (QED) is 0.924. The maximum atomic E-state index is 13.5. The Hall–Kier alpha value is -1.42. The number of amides is 1. The van der Waals surface area contributed by atoms with Crippen LogP contribution in [0.25, 0.3) is 0 Å². The van der Waals surface area contributed by atoms with Crippen LogP contribution in [-0.4, -0.2) is 35.6 Å². The van der Waals surface area contributed by atoms with E-state index in [2.05, 4.69) is 6.92 Å². The lowest BCUT2D eigenvalue weighted by Gasteiger charge is -2.40. The van der Waals surface area contributed by atoms with Crippen LogP contribution in [0, 0.1) is 18.2 Å². The molecule has 2 rings (SSSR count). The summed E-state index contributed by atoms with van der Waals surface area (Å²) in [6, 6.07) is 4.62. The predicted molar refractivity (Wildman–Crippen MR) is 76.1 cm³/mol. The Morgan fingerprint density at radius 2 is 2.05 bits per heavy atom. The molecule has 3 nitrogen and oxygen atoms in total. The minimum Gasteiger partial charge on any atom is -0.396 e. The van der Waals surface area contributed by atoms with E-state index in [1.807, 2.05) is 0 Å². The first-order valence-electron chi connectivity index (χ1n) is 7.17. The minimum atomic E-state index is -0.342. The monoisotopic (exact) mass is 279 g/mol. The lowest BCUT2D eigenvalue weighted by Crippen LogP contribution is -2.44. The van der Waals surface area contributed by atoms with Crippen molar-refractivity contribution >= 4 is 5.91 Å². The maximum Gasteiger partial charge on any atom is 0.253 e. The van der Waals surface area contributed by atoms with E-state index in [9.17, 15) is 14.3 Å². The van der Waals surface area contributed by atoms with E-state index < -0.39 is 0 Å². The van der Waals surface area contributed by atoms with E-state index >= 15 is 0 Å². The first-order valence-corrected chi connectivity index (χ1v) is 7.17. The second kappa shape index (κ2) is 5.92. The lowest BCUT2D eigenvalue weighted by atomic mass is 9.77. The zero-order chi connectivity index (χ0) is 14.8. The van der Waals surface area contributed by atoms with E-state index in [4.69, 9.17) is 0 Å². The summed E-state index contributed by atoms with van der Waals surface area (Å²) in [5.41, 5.74) is 0.904. The highest BCUT2D eigenvalue weighted by Crippen LogP contribution is 2.34. The molecule has 1 amide bonds. The molecule has 0 unspecified atom stereocenters. The number of hydrogen-bond acceptors (Lipinski definition) is 2. The minimum absolute atomic E-state index is 0.0463. The number of benzene rings is 1. The van der Waals surface area contributed by atoms with Gasteiger partial charge in [0.2, 0.25) is 0 Å². The Labute approximate surface area is 119 Å². The molecule has 4 heteroatoms. The highest BCUT2D eigenvalue weighted by atomic mass is 19.1. The number of hydrogen-bond donors (Lipinski definition) is 1. The average molecular weight is 279 g/mol. The van der Waals surface area contributed by atoms with Crippen molar-refractivity contribution in [3.63, 3.8) is 0 Å². The molecule has 110 valence electrons. The molecular weight excluding hydrogens is 257 g/mol. The molecule has 0 aromatic heterocycles. The Bertz CT molecular complexity index is 487. The SMILES string of the molecule is CCC1(CO)CCN(C(=O)c2ccc(C)c(F)c2)CC1. The molecule has 0 spiro atoms. The van der Waals surface area contributed by atoms with Crippen molar-refractivity contribution in [2.24, 2.45) is 5.41 Å². The number of carbonyl (C=O) groups is 1. The molecule has 0 aliphatic carbocycles. The fourth-order valence-electron chi connectivity index (χ4n) is 2.72. The average Bonchev–Trinajstić information content (AvgIpc) is 2.49. The van der Waals surface area contributed by atoms with Crippen molar-refractivity contribution in [3.8, 4) is 0 Å². The number of halogens is 1. The molecule has 1 aliphatic rings. The third-order valence-electron chi connectivity index (χ3n) is 4.62. The van der Waals surface area contributed by atoms with Crippen LogP contribution in [0.5, 0.6) is 0 Å². The summed E-state index contributed by atoms with van der Waals surface area (Å²) in [5, 5.41) is 9.50. The molecule has 0 bridgehead atoms. The molecule has 1 aliphatic heterocycles. The summed E-state index contributed by atoms with van der Waals surface area (Å²) in [7, 11) is 0. The Morgan fingerprint density at radius 3 is 2.55 bits per heavy atom. The second-order valence-electron chi connectivity index (χ2n) is 5.77. The first kappa shape index (κ1) is 15.0. The van der Waals surface area contributed by atoms with Gasteiger partial charge in [0.15, 0.2) is 0 Å². The van der Waals surface area contributed by atoms with Gasteiger partial charge in [0.1, 0.15) is 5.82 Å². The van der Waals surface area contributed by atoms with Gasteiger partial charge in [0.05, 0.1) is 0 Å². The summed E-state index contributed by atoms with van der Waals surface area (Å²) in [4.78, 5) is 14.1. The van der Waals surface area contributed by atoms with Gasteiger partial charge in [0.25, 0.3) is 5.91 Å². The smallest absolute Gasteiger partial charge is 0.253 e. The molecule has 1 saturated heterocycles. The van der Waals surface area contributed by atoms with E-state index in [1.54, 1.807) is 24.0 Å². The predicted octanol–water partition coefficient (Wildman–Crippen LogP) is 2.76. The van der Waals surface area contributed by atoms with Crippen LogP contribution in [0.3, 0.4) is 0 Å². The van der Waals surface area contributed by atoms with Crippen molar-refractivity contribution in [2.45, 2.75) is 33.1 Å². The molecule has 20 heavy (non-hydrogen) atoms. The second-order valence-corrected chi connectivity index (χ2v) is 5.77. The summed E-state index contributed by atoms with van der Waals surface area (Å²) < 4.78 is 13.5. The zero-order valence-electron chi connectivity index (χ0n) is 12.2. The van der Waals surface area contributed by atoms with Gasteiger partial charge < -0.3 is 10.0 Å². The Morgan fingerprint density at radius 1 is 1.40 bits per heavy atom.